The zero-order valence-corrected chi connectivity index (χ0v) is 6.52. The fraction of sp³-hybridized carbons (Fsp3) is 1.00. The molecule has 0 aromatic rings. The Kier molecular flexibility index (Phi) is 1.55. The van der Waals surface area contributed by atoms with E-state index in [1.54, 1.807) is 0 Å². The smallest absolute Gasteiger partial charge is 0.0573 e. The molecule has 0 aromatic heterocycles. The Hall–Kier alpha value is -0.0400. The molecule has 0 saturated heterocycles. The lowest BCUT2D eigenvalue weighted by molar-refractivity contribution is -0.0355. The van der Waals surface area contributed by atoms with Crippen molar-refractivity contribution in [3.63, 3.8) is 0 Å². The number of hydrogen-bond donors (Lipinski definition) is 1. The van der Waals surface area contributed by atoms with Gasteiger partial charge in [-0.15, -0.1) is 0 Å². The van der Waals surface area contributed by atoms with Crippen LogP contribution in [0.3, 0.4) is 0 Å². The molecule has 0 amide bonds. The summed E-state index contributed by atoms with van der Waals surface area (Å²) in [4.78, 5) is 0. The molecule has 1 aliphatic carbocycles. The molecule has 9 heavy (non-hydrogen) atoms. The molecule has 1 aliphatic rings. The van der Waals surface area contributed by atoms with E-state index in [-0.39, 0.29) is 6.10 Å². The van der Waals surface area contributed by atoms with Crippen LogP contribution in [-0.2, 0) is 0 Å². The lowest BCUT2D eigenvalue weighted by Crippen LogP contribution is -2.40. The maximum Gasteiger partial charge on any atom is 0.0573 e. The Balaban J connectivity index is 2.44. The van der Waals surface area contributed by atoms with Gasteiger partial charge in [0.05, 0.1) is 6.10 Å². The molecule has 0 aromatic carbocycles. The van der Waals surface area contributed by atoms with Gasteiger partial charge in [0, 0.05) is 0 Å². The van der Waals surface area contributed by atoms with Crippen molar-refractivity contribution in [2.24, 2.45) is 11.3 Å². The molecular formula is C8H16O. The fourth-order valence-corrected chi connectivity index (χ4v) is 1.49. The maximum atomic E-state index is 9.24. The van der Waals surface area contributed by atoms with Gasteiger partial charge < -0.3 is 5.11 Å². The second-order valence-electron chi connectivity index (χ2n) is 4.12. The van der Waals surface area contributed by atoms with Crippen LogP contribution in [0.25, 0.3) is 0 Å². The molecule has 0 spiro atoms. The first-order valence-corrected chi connectivity index (χ1v) is 3.70. The summed E-state index contributed by atoms with van der Waals surface area (Å²) in [6.45, 7) is 6.58. The van der Waals surface area contributed by atoms with Crippen molar-refractivity contribution in [3.8, 4) is 0 Å². The molecule has 1 N–H and O–H groups in total. The number of rotatable bonds is 0. The van der Waals surface area contributed by atoms with E-state index < -0.39 is 0 Å². The molecule has 0 bridgehead atoms. The third-order valence-corrected chi connectivity index (χ3v) is 2.35. The quantitative estimate of drug-likeness (QED) is 0.527. The standard InChI is InChI=1S/C8H16O/c1-8(2,3)6-4-5-7(6)9/h6-7,9H,4-5H2,1-3H3. The predicted molar refractivity (Wildman–Crippen MR) is 38.2 cm³/mol. The molecule has 0 aliphatic heterocycles. The Labute approximate surface area is 57.1 Å². The molecule has 0 radical (unpaired) electrons. The van der Waals surface area contributed by atoms with Gasteiger partial charge in [-0.2, -0.15) is 0 Å². The van der Waals surface area contributed by atoms with Crippen LogP contribution in [0, 0.1) is 11.3 Å². The van der Waals surface area contributed by atoms with Crippen LogP contribution in [0.4, 0.5) is 0 Å². The van der Waals surface area contributed by atoms with Crippen molar-refractivity contribution < 1.29 is 5.11 Å². The van der Waals surface area contributed by atoms with Gasteiger partial charge in [-0.1, -0.05) is 20.8 Å². The van der Waals surface area contributed by atoms with Crippen molar-refractivity contribution >= 4 is 0 Å². The Bertz CT molecular complexity index is 102. The van der Waals surface area contributed by atoms with Gasteiger partial charge in [-0.05, 0) is 24.2 Å². The van der Waals surface area contributed by atoms with E-state index >= 15 is 0 Å². The minimum Gasteiger partial charge on any atom is -0.393 e. The van der Waals surface area contributed by atoms with Crippen LogP contribution in [0.15, 0.2) is 0 Å². The highest BCUT2D eigenvalue weighted by atomic mass is 16.3. The lowest BCUT2D eigenvalue weighted by Gasteiger charge is -2.42. The predicted octanol–water partition coefficient (Wildman–Crippen LogP) is 1.80. The zero-order valence-electron chi connectivity index (χ0n) is 6.52. The summed E-state index contributed by atoms with van der Waals surface area (Å²) in [7, 11) is 0. The maximum absolute atomic E-state index is 9.24. The van der Waals surface area contributed by atoms with Gasteiger partial charge in [-0.25, -0.2) is 0 Å². The monoisotopic (exact) mass is 128 g/mol. The summed E-state index contributed by atoms with van der Waals surface area (Å²) in [6, 6.07) is 0. The first-order chi connectivity index (χ1) is 4.02. The van der Waals surface area contributed by atoms with Gasteiger partial charge in [-0.3, -0.25) is 0 Å². The van der Waals surface area contributed by atoms with Crippen LogP contribution in [-0.4, -0.2) is 11.2 Å². The molecular weight excluding hydrogens is 112 g/mol. The second kappa shape index (κ2) is 1.98. The normalized spacial score (nSPS) is 36.0. The Morgan fingerprint density at radius 3 is 1.78 bits per heavy atom. The molecule has 1 rings (SSSR count). The number of aliphatic hydroxyl groups excluding tert-OH is 1. The summed E-state index contributed by atoms with van der Waals surface area (Å²) >= 11 is 0. The molecule has 2 atom stereocenters. The van der Waals surface area contributed by atoms with Gasteiger partial charge in [0.2, 0.25) is 0 Å². The second-order valence-corrected chi connectivity index (χ2v) is 4.12. The van der Waals surface area contributed by atoms with E-state index in [9.17, 15) is 5.11 Å². The molecule has 2 unspecified atom stereocenters. The highest BCUT2D eigenvalue weighted by molar-refractivity contribution is 4.88. The van der Waals surface area contributed by atoms with Gasteiger partial charge in [0.15, 0.2) is 0 Å². The SMILES string of the molecule is CC(C)(C)C1CCC1O. The van der Waals surface area contributed by atoms with Crippen molar-refractivity contribution in [1.82, 2.24) is 0 Å². The van der Waals surface area contributed by atoms with E-state index in [0.29, 0.717) is 11.3 Å². The van der Waals surface area contributed by atoms with E-state index in [0.717, 1.165) is 6.42 Å². The summed E-state index contributed by atoms with van der Waals surface area (Å²) < 4.78 is 0. The third kappa shape index (κ3) is 1.26. The minimum absolute atomic E-state index is 0.00926. The van der Waals surface area contributed by atoms with E-state index in [1.165, 1.54) is 6.42 Å². The average molecular weight is 128 g/mol. The molecule has 54 valence electrons. The number of hydrogen-bond acceptors (Lipinski definition) is 1. The Morgan fingerprint density at radius 1 is 1.22 bits per heavy atom. The van der Waals surface area contributed by atoms with Crippen molar-refractivity contribution in [1.29, 1.82) is 0 Å². The highest BCUT2D eigenvalue weighted by Gasteiger charge is 2.37. The summed E-state index contributed by atoms with van der Waals surface area (Å²) in [5, 5.41) is 9.24. The van der Waals surface area contributed by atoms with Crippen LogP contribution in [0.5, 0.6) is 0 Å². The average Bonchev–Trinajstić information content (AvgIpc) is 1.57. The summed E-state index contributed by atoms with van der Waals surface area (Å²) in [6.07, 6.45) is 2.22. The van der Waals surface area contributed by atoms with Crippen LogP contribution in [0.1, 0.15) is 33.6 Å². The van der Waals surface area contributed by atoms with E-state index in [4.69, 9.17) is 0 Å². The summed E-state index contributed by atoms with van der Waals surface area (Å²) in [5.74, 6) is 0.553. The van der Waals surface area contributed by atoms with E-state index in [2.05, 4.69) is 20.8 Å². The molecule has 1 nitrogen and oxygen atoms in total. The van der Waals surface area contributed by atoms with E-state index in [1.807, 2.05) is 0 Å². The van der Waals surface area contributed by atoms with Gasteiger partial charge >= 0.3 is 0 Å². The van der Waals surface area contributed by atoms with Crippen LogP contribution >= 0.6 is 0 Å². The third-order valence-electron chi connectivity index (χ3n) is 2.35. The topological polar surface area (TPSA) is 20.2 Å². The zero-order chi connectivity index (χ0) is 7.07. The molecule has 1 saturated carbocycles. The van der Waals surface area contributed by atoms with Crippen LogP contribution in [0.2, 0.25) is 0 Å². The van der Waals surface area contributed by atoms with Gasteiger partial charge in [0.1, 0.15) is 0 Å². The van der Waals surface area contributed by atoms with Crippen molar-refractivity contribution in [2.75, 3.05) is 0 Å². The number of aliphatic hydroxyl groups is 1. The molecule has 1 fully saturated rings. The highest BCUT2D eigenvalue weighted by Crippen LogP contribution is 2.41. The molecule has 0 heterocycles. The Morgan fingerprint density at radius 2 is 1.78 bits per heavy atom. The summed E-state index contributed by atoms with van der Waals surface area (Å²) in [5.41, 5.74) is 0.317. The fourth-order valence-electron chi connectivity index (χ4n) is 1.49. The molecule has 1 heteroatoms. The lowest BCUT2D eigenvalue weighted by atomic mass is 9.66. The minimum atomic E-state index is -0.00926. The first-order valence-electron chi connectivity index (χ1n) is 3.70. The van der Waals surface area contributed by atoms with Crippen molar-refractivity contribution in [2.45, 2.75) is 39.7 Å². The van der Waals surface area contributed by atoms with Crippen LogP contribution < -0.4 is 0 Å². The van der Waals surface area contributed by atoms with Crippen molar-refractivity contribution in [3.05, 3.63) is 0 Å². The van der Waals surface area contributed by atoms with Gasteiger partial charge in [0.25, 0.3) is 0 Å². The first kappa shape index (κ1) is 7.07. The largest absolute Gasteiger partial charge is 0.393 e.